The largest absolute Gasteiger partial charge is 0.326 e. The summed E-state index contributed by atoms with van der Waals surface area (Å²) in [5.74, 6) is -0.959. The zero-order valence-electron chi connectivity index (χ0n) is 14.0. The molecule has 1 unspecified atom stereocenters. The van der Waals surface area contributed by atoms with Gasteiger partial charge >= 0.3 is 0 Å². The van der Waals surface area contributed by atoms with E-state index in [2.05, 4.69) is 5.32 Å². The molecule has 1 saturated heterocycles. The van der Waals surface area contributed by atoms with Gasteiger partial charge in [-0.25, -0.2) is 8.42 Å². The number of benzene rings is 2. The van der Waals surface area contributed by atoms with Gasteiger partial charge in [-0.3, -0.25) is 9.59 Å². The van der Waals surface area contributed by atoms with Gasteiger partial charge in [0.1, 0.15) is 0 Å². The van der Waals surface area contributed by atoms with Crippen LogP contribution >= 0.6 is 11.6 Å². The highest BCUT2D eigenvalue weighted by Gasteiger charge is 2.35. The average molecular weight is 393 g/mol. The summed E-state index contributed by atoms with van der Waals surface area (Å²) in [6, 6.07) is 12.9. The first kappa shape index (κ1) is 18.4. The van der Waals surface area contributed by atoms with E-state index in [1.807, 2.05) is 0 Å². The number of nitrogens with zero attached hydrogens (tertiary/aromatic N) is 1. The number of amides is 2. The predicted molar refractivity (Wildman–Crippen MR) is 100 cm³/mol. The molecule has 0 bridgehead atoms. The number of halogens is 1. The van der Waals surface area contributed by atoms with Gasteiger partial charge in [0.2, 0.25) is 11.8 Å². The van der Waals surface area contributed by atoms with Crippen LogP contribution in [0.1, 0.15) is 6.42 Å². The molecular formula is C18H17ClN2O4S. The quantitative estimate of drug-likeness (QED) is 0.867. The van der Waals surface area contributed by atoms with Gasteiger partial charge < -0.3 is 10.2 Å². The molecule has 0 saturated carbocycles. The van der Waals surface area contributed by atoms with Crippen LogP contribution in [0.5, 0.6) is 0 Å². The average Bonchev–Trinajstić information content (AvgIpc) is 2.97. The Morgan fingerprint density at radius 3 is 2.42 bits per heavy atom. The van der Waals surface area contributed by atoms with E-state index in [0.29, 0.717) is 16.4 Å². The molecule has 0 aromatic heterocycles. The van der Waals surface area contributed by atoms with E-state index < -0.39 is 15.8 Å². The van der Waals surface area contributed by atoms with Gasteiger partial charge in [0.25, 0.3) is 0 Å². The van der Waals surface area contributed by atoms with Gasteiger partial charge in [-0.1, -0.05) is 23.7 Å². The molecule has 8 heteroatoms. The second-order valence-electron chi connectivity index (χ2n) is 6.14. The number of rotatable bonds is 4. The Bertz CT molecular complexity index is 957. The van der Waals surface area contributed by atoms with E-state index in [-0.39, 0.29) is 29.7 Å². The van der Waals surface area contributed by atoms with Crippen molar-refractivity contribution in [2.24, 2.45) is 5.92 Å². The minimum atomic E-state index is -3.29. The number of hydrogen-bond donors (Lipinski definition) is 1. The van der Waals surface area contributed by atoms with Gasteiger partial charge in [0, 0.05) is 24.9 Å². The molecule has 0 radical (unpaired) electrons. The number of nitrogens with one attached hydrogen (secondary N) is 1. The molecule has 1 heterocycles. The first-order valence-electron chi connectivity index (χ1n) is 7.91. The lowest BCUT2D eigenvalue weighted by Crippen LogP contribution is -2.28. The predicted octanol–water partition coefficient (Wildman–Crippen LogP) is 2.74. The molecule has 1 atom stereocenters. The number of carbonyl (C=O) groups is 2. The summed E-state index contributed by atoms with van der Waals surface area (Å²) >= 11 is 6.13. The normalized spacial score (nSPS) is 17.4. The van der Waals surface area contributed by atoms with Crippen LogP contribution in [-0.2, 0) is 19.4 Å². The number of para-hydroxylation sites is 1. The van der Waals surface area contributed by atoms with Gasteiger partial charge in [0.15, 0.2) is 9.84 Å². The minimum absolute atomic E-state index is 0.0957. The van der Waals surface area contributed by atoms with Crippen molar-refractivity contribution in [2.45, 2.75) is 11.3 Å². The third-order valence-electron chi connectivity index (χ3n) is 4.19. The van der Waals surface area contributed by atoms with Crippen LogP contribution in [0.2, 0.25) is 5.02 Å². The van der Waals surface area contributed by atoms with Crippen molar-refractivity contribution >= 4 is 44.6 Å². The molecule has 136 valence electrons. The second-order valence-corrected chi connectivity index (χ2v) is 8.57. The van der Waals surface area contributed by atoms with E-state index in [0.717, 1.165) is 6.26 Å². The van der Waals surface area contributed by atoms with Crippen LogP contribution in [-0.4, -0.2) is 33.0 Å². The Hall–Kier alpha value is -2.38. The summed E-state index contributed by atoms with van der Waals surface area (Å²) in [5.41, 5.74) is 1.07. The number of anilines is 2. The standard InChI is InChI=1S/C18H17ClN2O4S/c1-26(24,25)14-8-6-13(7-9-14)20-18(23)12-10-17(22)21(11-12)16-5-3-2-4-15(16)19/h2-9,12H,10-11H2,1H3,(H,20,23). The third-order valence-corrected chi connectivity index (χ3v) is 5.64. The maximum atomic E-state index is 12.5. The van der Waals surface area contributed by atoms with E-state index in [1.165, 1.54) is 29.2 Å². The van der Waals surface area contributed by atoms with Crippen LogP contribution in [0.15, 0.2) is 53.4 Å². The lowest BCUT2D eigenvalue weighted by Gasteiger charge is -2.18. The lowest BCUT2D eigenvalue weighted by molar-refractivity contribution is -0.122. The van der Waals surface area contributed by atoms with E-state index >= 15 is 0 Å². The minimum Gasteiger partial charge on any atom is -0.326 e. The molecule has 1 N–H and O–H groups in total. The fraction of sp³-hybridized carbons (Fsp3) is 0.222. The molecule has 2 amide bonds. The van der Waals surface area contributed by atoms with Crippen LogP contribution in [0, 0.1) is 5.92 Å². The third kappa shape index (κ3) is 3.89. The first-order valence-corrected chi connectivity index (χ1v) is 10.2. The van der Waals surface area contributed by atoms with Crippen molar-refractivity contribution in [3.05, 3.63) is 53.6 Å². The summed E-state index contributed by atoms with van der Waals surface area (Å²) in [5, 5.41) is 3.18. The monoisotopic (exact) mass is 392 g/mol. The highest BCUT2D eigenvalue weighted by atomic mass is 35.5. The maximum absolute atomic E-state index is 12.5. The van der Waals surface area contributed by atoms with Crippen molar-refractivity contribution in [3.8, 4) is 0 Å². The Morgan fingerprint density at radius 1 is 1.15 bits per heavy atom. The SMILES string of the molecule is CS(=O)(=O)c1ccc(NC(=O)C2CC(=O)N(c3ccccc3Cl)C2)cc1. The zero-order chi connectivity index (χ0) is 18.9. The zero-order valence-corrected chi connectivity index (χ0v) is 15.5. The van der Waals surface area contributed by atoms with E-state index in [4.69, 9.17) is 11.6 Å². The fourth-order valence-corrected chi connectivity index (χ4v) is 3.68. The molecule has 3 rings (SSSR count). The first-order chi connectivity index (χ1) is 12.3. The molecule has 6 nitrogen and oxygen atoms in total. The summed E-state index contributed by atoms with van der Waals surface area (Å²) in [6.07, 6.45) is 1.21. The van der Waals surface area contributed by atoms with Gasteiger partial charge in [0.05, 0.1) is 21.5 Å². The Morgan fingerprint density at radius 2 is 1.81 bits per heavy atom. The van der Waals surface area contributed by atoms with Gasteiger partial charge in [-0.2, -0.15) is 0 Å². The molecule has 26 heavy (non-hydrogen) atoms. The van der Waals surface area contributed by atoms with E-state index in [9.17, 15) is 18.0 Å². The summed E-state index contributed by atoms with van der Waals surface area (Å²) in [7, 11) is -3.29. The van der Waals surface area contributed by atoms with Crippen molar-refractivity contribution < 1.29 is 18.0 Å². The molecule has 1 fully saturated rings. The molecule has 0 spiro atoms. The van der Waals surface area contributed by atoms with Crippen LogP contribution in [0.3, 0.4) is 0 Å². The molecule has 1 aliphatic heterocycles. The van der Waals surface area contributed by atoms with E-state index in [1.54, 1.807) is 24.3 Å². The Kier molecular flexibility index (Phi) is 5.02. The van der Waals surface area contributed by atoms with Crippen molar-refractivity contribution in [1.82, 2.24) is 0 Å². The summed E-state index contributed by atoms with van der Waals surface area (Å²) in [6.45, 7) is 0.246. The maximum Gasteiger partial charge on any atom is 0.229 e. The van der Waals surface area contributed by atoms with Gasteiger partial charge in [-0.05, 0) is 36.4 Å². The number of sulfone groups is 1. The van der Waals surface area contributed by atoms with Crippen LogP contribution < -0.4 is 10.2 Å². The second kappa shape index (κ2) is 7.09. The number of hydrogen-bond acceptors (Lipinski definition) is 4. The van der Waals surface area contributed by atoms with Crippen molar-refractivity contribution in [1.29, 1.82) is 0 Å². The highest BCUT2D eigenvalue weighted by molar-refractivity contribution is 7.90. The Labute approximate surface area is 156 Å². The summed E-state index contributed by atoms with van der Waals surface area (Å²) in [4.78, 5) is 26.4. The van der Waals surface area contributed by atoms with Gasteiger partial charge in [-0.15, -0.1) is 0 Å². The topological polar surface area (TPSA) is 83.5 Å². The molecule has 2 aromatic carbocycles. The van der Waals surface area contributed by atoms with Crippen molar-refractivity contribution in [3.63, 3.8) is 0 Å². The molecule has 0 aliphatic carbocycles. The highest BCUT2D eigenvalue weighted by Crippen LogP contribution is 2.31. The fourth-order valence-electron chi connectivity index (χ4n) is 2.82. The molecule has 1 aliphatic rings. The molecular weight excluding hydrogens is 376 g/mol. The van der Waals surface area contributed by atoms with Crippen molar-refractivity contribution in [2.75, 3.05) is 23.0 Å². The van der Waals surface area contributed by atoms with Crippen LogP contribution in [0.25, 0.3) is 0 Å². The number of carbonyl (C=O) groups excluding carboxylic acids is 2. The summed E-state index contributed by atoms with van der Waals surface area (Å²) < 4.78 is 22.9. The lowest BCUT2D eigenvalue weighted by atomic mass is 10.1. The molecule has 2 aromatic rings. The van der Waals surface area contributed by atoms with Crippen LogP contribution in [0.4, 0.5) is 11.4 Å². The Balaban J connectivity index is 1.70. The smallest absolute Gasteiger partial charge is 0.229 e.